The van der Waals surface area contributed by atoms with Gasteiger partial charge in [-0.1, -0.05) is 0 Å². The summed E-state index contributed by atoms with van der Waals surface area (Å²) in [7, 11) is 0. The standard InChI is InChI=1S/C8H12AsNO4/c11-6-5-10-8-3-1-7(2-4-8)9(12,13)14/h1-4,10-11H,5-6H2,(H2,12,13,14). The van der Waals surface area contributed by atoms with E-state index in [1.807, 2.05) is 0 Å². The molecule has 0 spiro atoms. The van der Waals surface area contributed by atoms with Crippen molar-refractivity contribution in [2.45, 2.75) is 0 Å². The quantitative estimate of drug-likeness (QED) is 0.503. The summed E-state index contributed by atoms with van der Waals surface area (Å²) in [6.07, 6.45) is 0. The van der Waals surface area contributed by atoms with Crippen molar-refractivity contribution in [3.05, 3.63) is 24.3 Å². The monoisotopic (exact) mass is 261 g/mol. The van der Waals surface area contributed by atoms with Crippen molar-refractivity contribution in [2.24, 2.45) is 0 Å². The van der Waals surface area contributed by atoms with Gasteiger partial charge in [0.05, 0.1) is 0 Å². The van der Waals surface area contributed by atoms with Crippen LogP contribution in [-0.4, -0.2) is 40.6 Å². The Bertz CT molecular complexity index is 332. The van der Waals surface area contributed by atoms with Gasteiger partial charge in [0.15, 0.2) is 0 Å². The summed E-state index contributed by atoms with van der Waals surface area (Å²) in [5.41, 5.74) is 0.728. The minimum atomic E-state index is -4.74. The second-order valence-corrected chi connectivity index (χ2v) is 6.11. The number of hydrogen-bond donors (Lipinski definition) is 4. The molecule has 78 valence electrons. The second-order valence-electron chi connectivity index (χ2n) is 2.74. The zero-order valence-corrected chi connectivity index (χ0v) is 9.30. The van der Waals surface area contributed by atoms with Crippen molar-refractivity contribution in [1.82, 2.24) is 0 Å². The average molecular weight is 261 g/mol. The van der Waals surface area contributed by atoms with Crippen LogP contribution in [0.5, 0.6) is 0 Å². The molecule has 0 atom stereocenters. The Morgan fingerprint density at radius 3 is 2.21 bits per heavy atom. The Labute approximate surface area is 84.4 Å². The van der Waals surface area contributed by atoms with Crippen LogP contribution in [0.25, 0.3) is 0 Å². The second kappa shape index (κ2) is 4.66. The van der Waals surface area contributed by atoms with Gasteiger partial charge in [-0.3, -0.25) is 0 Å². The zero-order chi connectivity index (χ0) is 10.6. The molecule has 1 aromatic rings. The summed E-state index contributed by atoms with van der Waals surface area (Å²) in [5, 5.41) is 11.4. The van der Waals surface area contributed by atoms with Crippen molar-refractivity contribution in [2.75, 3.05) is 18.5 Å². The van der Waals surface area contributed by atoms with E-state index in [0.717, 1.165) is 5.69 Å². The molecule has 0 saturated heterocycles. The Hall–Kier alpha value is -0.742. The predicted molar refractivity (Wildman–Crippen MR) is 52.5 cm³/mol. The van der Waals surface area contributed by atoms with Crippen LogP contribution in [0.1, 0.15) is 0 Å². The molecule has 0 unspecified atom stereocenters. The third kappa shape index (κ3) is 3.19. The molecular weight excluding hydrogens is 249 g/mol. The number of benzene rings is 1. The van der Waals surface area contributed by atoms with Crippen LogP contribution in [0.3, 0.4) is 0 Å². The Kier molecular flexibility index (Phi) is 3.77. The first-order valence-corrected chi connectivity index (χ1v) is 7.43. The fourth-order valence-corrected chi connectivity index (χ4v) is 2.10. The molecule has 4 N–H and O–H groups in total. The zero-order valence-electron chi connectivity index (χ0n) is 7.42. The molecule has 0 aliphatic heterocycles. The van der Waals surface area contributed by atoms with E-state index < -0.39 is 14.2 Å². The van der Waals surface area contributed by atoms with Gasteiger partial charge in [0.2, 0.25) is 0 Å². The van der Waals surface area contributed by atoms with Crippen molar-refractivity contribution in [1.29, 1.82) is 0 Å². The van der Waals surface area contributed by atoms with Crippen molar-refractivity contribution >= 4 is 24.2 Å². The summed E-state index contributed by atoms with van der Waals surface area (Å²) < 4.78 is 28.6. The van der Waals surface area contributed by atoms with Gasteiger partial charge in [0.25, 0.3) is 0 Å². The van der Waals surface area contributed by atoms with Gasteiger partial charge in [-0.25, -0.2) is 0 Å². The van der Waals surface area contributed by atoms with Gasteiger partial charge < -0.3 is 0 Å². The summed E-state index contributed by atoms with van der Waals surface area (Å²) >= 11 is -4.74. The van der Waals surface area contributed by atoms with E-state index in [9.17, 15) is 3.74 Å². The number of aliphatic hydroxyl groups is 1. The van der Waals surface area contributed by atoms with E-state index in [1.165, 1.54) is 12.1 Å². The first kappa shape index (κ1) is 11.3. The minimum absolute atomic E-state index is 0.0179. The Morgan fingerprint density at radius 2 is 1.79 bits per heavy atom. The Morgan fingerprint density at radius 1 is 1.21 bits per heavy atom. The molecule has 0 fully saturated rings. The molecule has 0 aliphatic carbocycles. The van der Waals surface area contributed by atoms with Crippen LogP contribution in [0.4, 0.5) is 5.69 Å². The predicted octanol–water partition coefficient (Wildman–Crippen LogP) is -1.35. The molecule has 0 heterocycles. The SMILES string of the molecule is O=[As](O)(O)c1ccc(NCCO)cc1. The molecule has 14 heavy (non-hydrogen) atoms. The van der Waals surface area contributed by atoms with Gasteiger partial charge in [-0.05, 0) is 0 Å². The molecule has 0 amide bonds. The number of nitrogens with one attached hydrogen (secondary N) is 1. The number of aliphatic hydroxyl groups excluding tert-OH is 1. The first-order chi connectivity index (χ1) is 6.54. The molecule has 0 bridgehead atoms. The molecule has 1 rings (SSSR count). The van der Waals surface area contributed by atoms with Crippen molar-refractivity contribution in [3.8, 4) is 0 Å². The van der Waals surface area contributed by atoms with E-state index >= 15 is 0 Å². The fourth-order valence-electron chi connectivity index (χ4n) is 0.974. The van der Waals surface area contributed by atoms with Crippen LogP contribution >= 0.6 is 0 Å². The molecule has 0 radical (unpaired) electrons. The Balaban J connectivity index is 2.74. The normalized spacial score (nSPS) is 11.4. The van der Waals surface area contributed by atoms with Gasteiger partial charge >= 0.3 is 84.0 Å². The molecule has 0 saturated carbocycles. The fraction of sp³-hybridized carbons (Fsp3) is 0.250. The summed E-state index contributed by atoms with van der Waals surface area (Å²) in [5.74, 6) is 0. The van der Waals surface area contributed by atoms with E-state index in [0.29, 0.717) is 6.54 Å². The molecule has 0 aliphatic rings. The van der Waals surface area contributed by atoms with Gasteiger partial charge in [-0.2, -0.15) is 0 Å². The van der Waals surface area contributed by atoms with E-state index in [1.54, 1.807) is 12.1 Å². The van der Waals surface area contributed by atoms with Gasteiger partial charge in [0, 0.05) is 0 Å². The first-order valence-electron chi connectivity index (χ1n) is 4.05. The van der Waals surface area contributed by atoms with E-state index in [2.05, 4.69) is 5.32 Å². The topological polar surface area (TPSA) is 89.8 Å². The van der Waals surface area contributed by atoms with Crippen LogP contribution in [-0.2, 0) is 3.74 Å². The molecule has 1 aromatic carbocycles. The van der Waals surface area contributed by atoms with Crippen molar-refractivity contribution in [3.63, 3.8) is 0 Å². The third-order valence-electron chi connectivity index (χ3n) is 1.64. The van der Waals surface area contributed by atoms with Gasteiger partial charge in [-0.15, -0.1) is 0 Å². The third-order valence-corrected chi connectivity index (χ3v) is 3.68. The molecule has 5 nitrogen and oxygen atoms in total. The maximum absolute atomic E-state index is 10.9. The summed E-state index contributed by atoms with van der Waals surface area (Å²) in [6.45, 7) is 0.435. The van der Waals surface area contributed by atoms with Crippen LogP contribution in [0.15, 0.2) is 24.3 Å². The summed E-state index contributed by atoms with van der Waals surface area (Å²) in [6, 6.07) is 5.93. The average Bonchev–Trinajstić information content (AvgIpc) is 2.14. The maximum atomic E-state index is 10.9. The van der Waals surface area contributed by atoms with E-state index in [-0.39, 0.29) is 11.0 Å². The number of hydrogen-bond acceptors (Lipinski definition) is 3. The van der Waals surface area contributed by atoms with Crippen LogP contribution < -0.4 is 9.67 Å². The number of rotatable bonds is 4. The number of anilines is 1. The molecule has 6 heteroatoms. The van der Waals surface area contributed by atoms with Crippen LogP contribution in [0.2, 0.25) is 0 Å². The van der Waals surface area contributed by atoms with E-state index in [4.69, 9.17) is 13.3 Å². The van der Waals surface area contributed by atoms with Crippen LogP contribution in [0, 0.1) is 0 Å². The molecular formula is C8H12AsNO4. The van der Waals surface area contributed by atoms with Crippen molar-refractivity contribution < 1.29 is 17.0 Å². The molecule has 0 aromatic heterocycles. The van der Waals surface area contributed by atoms with Gasteiger partial charge in [0.1, 0.15) is 0 Å². The summed E-state index contributed by atoms with van der Waals surface area (Å²) in [4.78, 5) is 0.